The van der Waals surface area contributed by atoms with E-state index in [0.717, 1.165) is 0 Å². The van der Waals surface area contributed by atoms with Crippen molar-refractivity contribution in [3.63, 3.8) is 0 Å². The van der Waals surface area contributed by atoms with Crippen LogP contribution in [0.5, 0.6) is 0 Å². The summed E-state index contributed by atoms with van der Waals surface area (Å²) in [5, 5.41) is 7.65. The van der Waals surface area contributed by atoms with Gasteiger partial charge in [0.25, 0.3) is 0 Å². The van der Waals surface area contributed by atoms with Crippen molar-refractivity contribution in [1.82, 2.24) is 0 Å². The van der Waals surface area contributed by atoms with Gasteiger partial charge in [0.2, 0.25) is 0 Å². The van der Waals surface area contributed by atoms with E-state index >= 15 is 0 Å². The first-order valence-electron chi connectivity index (χ1n) is 1.60. The van der Waals surface area contributed by atoms with Crippen LogP contribution < -0.4 is 0 Å². The van der Waals surface area contributed by atoms with Gasteiger partial charge >= 0.3 is 33.4 Å². The molecule has 0 aromatic heterocycles. The molecule has 0 aromatic carbocycles. The van der Waals surface area contributed by atoms with Gasteiger partial charge in [-0.25, -0.2) is 0 Å². The van der Waals surface area contributed by atoms with E-state index in [1.807, 2.05) is 0 Å². The molecule has 0 heterocycles. The second kappa shape index (κ2) is 9.80. The zero-order chi connectivity index (χ0) is 6.28. The molecule has 0 atom stereocenters. The molecule has 7 heavy (non-hydrogen) atoms. The fourth-order valence-electron chi connectivity index (χ4n) is 0. The number of carbonyl (C=O) groups is 1. The van der Waals surface area contributed by atoms with Crippen LogP contribution >= 0.6 is 12.6 Å². The first kappa shape index (κ1) is 10.6. The summed E-state index contributed by atoms with van der Waals surface area (Å²) in [4.78, 5) is 11.4. The number of aliphatic carboxylic acids is 1. The molecule has 0 spiro atoms. The summed E-state index contributed by atoms with van der Waals surface area (Å²) in [6.45, 7) is 0. The van der Waals surface area contributed by atoms with Crippen LogP contribution in [0.2, 0.25) is 4.94 Å². The van der Waals surface area contributed by atoms with Gasteiger partial charge in [-0.3, -0.25) is 4.79 Å². The number of carboxylic acid groups (broad SMARTS) is 1. The van der Waals surface area contributed by atoms with Gasteiger partial charge in [-0.05, 0) is 0 Å². The van der Waals surface area contributed by atoms with E-state index in [4.69, 9.17) is 5.11 Å². The summed E-state index contributed by atoms with van der Waals surface area (Å²) < 4.78 is 0. The molecule has 0 saturated carbocycles. The molecule has 0 aliphatic heterocycles. The summed E-state index contributed by atoms with van der Waals surface area (Å²) in [6, 6.07) is 0. The SMILES string of the molecule is O=C(O)CS.[CH3][Sn]. The average molecular weight is 226 g/mol. The van der Waals surface area contributed by atoms with Crippen LogP contribution in [0, 0.1) is 0 Å². The van der Waals surface area contributed by atoms with Crippen molar-refractivity contribution in [3.8, 4) is 0 Å². The van der Waals surface area contributed by atoms with Crippen LogP contribution in [0.4, 0.5) is 0 Å². The Hall–Kier alpha value is 0.619. The van der Waals surface area contributed by atoms with Gasteiger partial charge in [0.05, 0.1) is 5.75 Å². The number of hydrogen-bond acceptors (Lipinski definition) is 2. The van der Waals surface area contributed by atoms with Gasteiger partial charge < -0.3 is 5.11 Å². The molecule has 2 nitrogen and oxygen atoms in total. The van der Waals surface area contributed by atoms with Gasteiger partial charge in [0, 0.05) is 0 Å². The second-order valence-corrected chi connectivity index (χ2v) is 0.868. The normalized spacial score (nSPS) is 6.14. The Morgan fingerprint density at radius 2 is 2.00 bits per heavy atom. The van der Waals surface area contributed by atoms with Gasteiger partial charge in [0.1, 0.15) is 0 Å². The molecule has 0 unspecified atom stereocenters. The standard InChI is InChI=1S/C2H4O2S.CH3.Sn/c3-2(4)1-5;;/h5H,1H2,(H,3,4);1H3;. The monoisotopic (exact) mass is 227 g/mol. The Kier molecular flexibility index (Phi) is 14.8. The summed E-state index contributed by atoms with van der Waals surface area (Å²) in [5.41, 5.74) is 0. The van der Waals surface area contributed by atoms with Gasteiger partial charge in [0.15, 0.2) is 0 Å². The molecule has 0 aromatic rings. The molecule has 0 fully saturated rings. The number of hydrogen-bond donors (Lipinski definition) is 2. The quantitative estimate of drug-likeness (QED) is 0.495. The van der Waals surface area contributed by atoms with Gasteiger partial charge in [-0.15, -0.1) is 0 Å². The zero-order valence-electron chi connectivity index (χ0n) is 4.01. The van der Waals surface area contributed by atoms with Crippen LogP contribution in [-0.2, 0) is 4.79 Å². The van der Waals surface area contributed by atoms with Crippen LogP contribution in [-0.4, -0.2) is 39.4 Å². The molecular formula is C3H7O2SSn. The molecule has 3 radical (unpaired) electrons. The first-order valence-corrected chi connectivity index (χ1v) is 5.08. The van der Waals surface area contributed by atoms with E-state index in [2.05, 4.69) is 17.6 Å². The number of thiol groups is 1. The fraction of sp³-hybridized carbons (Fsp3) is 0.667. The summed E-state index contributed by atoms with van der Waals surface area (Å²) in [5.74, 6) is -0.965. The molecule has 1 N–H and O–H groups in total. The first-order chi connectivity index (χ1) is 3.27. The molecule has 0 amide bonds. The second-order valence-electron chi connectivity index (χ2n) is 0.552. The number of carboxylic acids is 1. The fourth-order valence-corrected chi connectivity index (χ4v) is 0. The molecule has 0 bridgehead atoms. The van der Waals surface area contributed by atoms with E-state index in [0.29, 0.717) is 0 Å². The Morgan fingerprint density at radius 3 is 2.00 bits per heavy atom. The Labute approximate surface area is 61.8 Å². The summed E-state index contributed by atoms with van der Waals surface area (Å²) in [7, 11) is 0. The van der Waals surface area contributed by atoms with Crippen LogP contribution in [0.25, 0.3) is 0 Å². The van der Waals surface area contributed by atoms with E-state index in [1.54, 1.807) is 22.5 Å². The van der Waals surface area contributed by atoms with Crippen molar-refractivity contribution in [2.75, 3.05) is 5.75 Å². The average Bonchev–Trinajstić information content (AvgIpc) is 1.73. The van der Waals surface area contributed by atoms with Crippen LogP contribution in [0.1, 0.15) is 0 Å². The van der Waals surface area contributed by atoms with Gasteiger partial charge in [-0.2, -0.15) is 12.6 Å². The summed E-state index contributed by atoms with van der Waals surface area (Å²) >= 11 is 4.97. The molecule has 0 aliphatic rings. The molecule has 0 rings (SSSR count). The van der Waals surface area contributed by atoms with Crippen molar-refractivity contribution in [1.29, 1.82) is 0 Å². The van der Waals surface area contributed by atoms with Crippen LogP contribution in [0.3, 0.4) is 0 Å². The van der Waals surface area contributed by atoms with Crippen molar-refractivity contribution >= 4 is 41.1 Å². The molecule has 0 saturated heterocycles. The Bertz CT molecular complexity index is 48.2. The van der Waals surface area contributed by atoms with Crippen molar-refractivity contribution in [2.24, 2.45) is 0 Å². The Balaban J connectivity index is 0. The molecule has 41 valence electrons. The topological polar surface area (TPSA) is 37.3 Å². The third-order valence-corrected chi connectivity index (χ3v) is 0.406. The Morgan fingerprint density at radius 1 is 1.86 bits per heavy atom. The maximum atomic E-state index is 9.29. The molecule has 0 aliphatic carbocycles. The minimum atomic E-state index is -0.881. The molecule has 4 heteroatoms. The van der Waals surface area contributed by atoms with E-state index in [9.17, 15) is 4.79 Å². The van der Waals surface area contributed by atoms with E-state index in [-0.39, 0.29) is 5.75 Å². The third kappa shape index (κ3) is 20.6. The van der Waals surface area contributed by atoms with E-state index < -0.39 is 5.97 Å². The minimum absolute atomic E-state index is 0.0833. The van der Waals surface area contributed by atoms with Crippen molar-refractivity contribution < 1.29 is 9.90 Å². The van der Waals surface area contributed by atoms with Crippen molar-refractivity contribution in [2.45, 2.75) is 4.94 Å². The number of rotatable bonds is 1. The maximum absolute atomic E-state index is 9.29. The van der Waals surface area contributed by atoms with Gasteiger partial charge in [-0.1, -0.05) is 0 Å². The predicted molar refractivity (Wildman–Crippen MR) is 33.1 cm³/mol. The third-order valence-electron chi connectivity index (χ3n) is 0.135. The predicted octanol–water partition coefficient (Wildman–Crippen LogP) is 0.204. The van der Waals surface area contributed by atoms with Crippen molar-refractivity contribution in [3.05, 3.63) is 0 Å². The zero-order valence-corrected chi connectivity index (χ0v) is 7.76. The van der Waals surface area contributed by atoms with E-state index in [1.165, 1.54) is 0 Å². The van der Waals surface area contributed by atoms with Crippen LogP contribution in [0.15, 0.2) is 0 Å². The summed E-state index contributed by atoms with van der Waals surface area (Å²) in [6.07, 6.45) is 0. The molecular weight excluding hydrogens is 219 g/mol.